The van der Waals surface area contributed by atoms with Gasteiger partial charge in [-0.15, -0.1) is 0 Å². The summed E-state index contributed by atoms with van der Waals surface area (Å²) < 4.78 is 7.07. The van der Waals surface area contributed by atoms with Crippen LogP contribution in [-0.4, -0.2) is 34.6 Å². The van der Waals surface area contributed by atoms with Crippen LogP contribution >= 0.6 is 0 Å². The number of ether oxygens (including phenoxy) is 1. The number of hydrogen-bond donors (Lipinski definition) is 1. The predicted octanol–water partition coefficient (Wildman–Crippen LogP) is 3.69. The lowest BCUT2D eigenvalue weighted by Crippen LogP contribution is -2.28. The second-order valence-corrected chi connectivity index (χ2v) is 7.24. The zero-order valence-corrected chi connectivity index (χ0v) is 17.3. The van der Waals surface area contributed by atoms with Gasteiger partial charge < -0.3 is 14.9 Å². The van der Waals surface area contributed by atoms with Crippen molar-refractivity contribution < 1.29 is 14.4 Å². The van der Waals surface area contributed by atoms with E-state index in [9.17, 15) is 4.79 Å². The summed E-state index contributed by atoms with van der Waals surface area (Å²) >= 11 is 0. The Balaban J connectivity index is 1.42. The molecule has 154 valence electrons. The van der Waals surface area contributed by atoms with Crippen LogP contribution in [0.3, 0.4) is 0 Å². The minimum absolute atomic E-state index is 0.229. The number of anilines is 1. The van der Waals surface area contributed by atoms with Crippen molar-refractivity contribution in [2.24, 2.45) is 5.16 Å². The average molecular weight is 404 g/mol. The molecule has 0 fully saturated rings. The van der Waals surface area contributed by atoms with Gasteiger partial charge in [0.15, 0.2) is 0 Å². The molecule has 1 aliphatic heterocycles. The van der Waals surface area contributed by atoms with Crippen LogP contribution in [0.25, 0.3) is 0 Å². The molecule has 7 heteroatoms. The fourth-order valence-electron chi connectivity index (χ4n) is 3.46. The Hall–Kier alpha value is -3.61. The first-order valence-electron chi connectivity index (χ1n) is 9.81. The Morgan fingerprint density at radius 3 is 2.60 bits per heavy atom. The first-order chi connectivity index (χ1) is 14.5. The molecule has 4 rings (SSSR count). The van der Waals surface area contributed by atoms with Crippen LogP contribution in [0.15, 0.2) is 59.8 Å². The van der Waals surface area contributed by atoms with Gasteiger partial charge in [-0.2, -0.15) is 5.10 Å². The molecule has 1 aliphatic rings. The summed E-state index contributed by atoms with van der Waals surface area (Å²) in [7, 11) is 1.62. The number of amides is 1. The second kappa shape index (κ2) is 8.41. The maximum absolute atomic E-state index is 12.8. The smallest absolute Gasteiger partial charge is 0.268 e. The summed E-state index contributed by atoms with van der Waals surface area (Å²) in [6, 6.07) is 17.6. The van der Waals surface area contributed by atoms with Crippen molar-refractivity contribution in [2.75, 3.05) is 12.4 Å². The maximum atomic E-state index is 12.8. The Bertz CT molecular complexity index is 1070. The number of rotatable bonds is 6. The molecular weight excluding hydrogens is 380 g/mol. The van der Waals surface area contributed by atoms with Gasteiger partial charge >= 0.3 is 0 Å². The normalized spacial score (nSPS) is 15.4. The molecular formula is C23H24N4O3. The second-order valence-electron chi connectivity index (χ2n) is 7.24. The quantitative estimate of drug-likeness (QED) is 0.680. The van der Waals surface area contributed by atoms with Crippen LogP contribution in [0.1, 0.15) is 28.9 Å². The van der Waals surface area contributed by atoms with Gasteiger partial charge in [0.25, 0.3) is 5.91 Å². The van der Waals surface area contributed by atoms with E-state index in [2.05, 4.69) is 27.7 Å². The van der Waals surface area contributed by atoms with Gasteiger partial charge in [-0.05, 0) is 49.2 Å². The molecule has 7 nitrogen and oxygen atoms in total. The zero-order valence-electron chi connectivity index (χ0n) is 17.3. The molecule has 1 unspecified atom stereocenters. The monoisotopic (exact) mass is 404 g/mol. The highest BCUT2D eigenvalue weighted by Crippen LogP contribution is 2.24. The predicted molar refractivity (Wildman–Crippen MR) is 115 cm³/mol. The lowest BCUT2D eigenvalue weighted by atomic mass is 10.0. The van der Waals surface area contributed by atoms with E-state index >= 15 is 0 Å². The van der Waals surface area contributed by atoms with Crippen molar-refractivity contribution in [3.05, 3.63) is 77.1 Å². The molecule has 0 aliphatic carbocycles. The van der Waals surface area contributed by atoms with Gasteiger partial charge in [0.05, 0.1) is 36.4 Å². The molecule has 0 radical (unpaired) electrons. The van der Waals surface area contributed by atoms with Crippen molar-refractivity contribution in [3.8, 4) is 5.75 Å². The van der Waals surface area contributed by atoms with Gasteiger partial charge in [0, 0.05) is 6.42 Å². The number of carbonyl (C=O) groups excluding carboxylic acids is 1. The summed E-state index contributed by atoms with van der Waals surface area (Å²) in [6.45, 7) is 4.49. The first-order valence-corrected chi connectivity index (χ1v) is 9.81. The third-order valence-corrected chi connectivity index (χ3v) is 5.19. The van der Waals surface area contributed by atoms with Crippen molar-refractivity contribution in [1.29, 1.82) is 0 Å². The standard InChI is InChI=1S/C23H24N4O3/c1-15-22(16(2)27(25-15)14-17-7-5-4-6-8-17)24-23(28)21-13-20(26-30-21)18-9-11-19(29-3)12-10-18/h4-12,21H,13-14H2,1-3H3,(H,24,28). The Morgan fingerprint density at radius 1 is 1.17 bits per heavy atom. The van der Waals surface area contributed by atoms with E-state index in [1.54, 1.807) is 7.11 Å². The van der Waals surface area contributed by atoms with Crippen LogP contribution in [-0.2, 0) is 16.2 Å². The van der Waals surface area contributed by atoms with Crippen molar-refractivity contribution in [1.82, 2.24) is 9.78 Å². The van der Waals surface area contributed by atoms with Gasteiger partial charge in [0.1, 0.15) is 5.75 Å². The van der Waals surface area contributed by atoms with Crippen molar-refractivity contribution >= 4 is 17.3 Å². The SMILES string of the molecule is COc1ccc(C2=NOC(C(=O)Nc3c(C)nn(Cc4ccccc4)c3C)C2)cc1. The molecule has 30 heavy (non-hydrogen) atoms. The van der Waals surface area contributed by atoms with E-state index in [0.717, 1.165) is 39.7 Å². The van der Waals surface area contributed by atoms with Crippen LogP contribution in [0.4, 0.5) is 5.69 Å². The highest BCUT2D eigenvalue weighted by Gasteiger charge is 2.30. The number of aromatic nitrogens is 2. The maximum Gasteiger partial charge on any atom is 0.268 e. The molecule has 3 aromatic rings. The van der Waals surface area contributed by atoms with E-state index in [4.69, 9.17) is 9.57 Å². The van der Waals surface area contributed by atoms with Crippen LogP contribution < -0.4 is 10.1 Å². The molecule has 1 atom stereocenters. The van der Waals surface area contributed by atoms with Crippen LogP contribution in [0.2, 0.25) is 0 Å². The van der Waals surface area contributed by atoms with E-state index in [1.807, 2.05) is 61.0 Å². The fourth-order valence-corrected chi connectivity index (χ4v) is 3.46. The number of carbonyl (C=O) groups is 1. The van der Waals surface area contributed by atoms with Crippen LogP contribution in [0, 0.1) is 13.8 Å². The lowest BCUT2D eigenvalue weighted by molar-refractivity contribution is -0.125. The minimum atomic E-state index is -0.668. The summed E-state index contributed by atoms with van der Waals surface area (Å²) in [5, 5.41) is 11.7. The third-order valence-electron chi connectivity index (χ3n) is 5.19. The molecule has 0 saturated heterocycles. The number of nitrogens with zero attached hydrogens (tertiary/aromatic N) is 3. The average Bonchev–Trinajstić information content (AvgIpc) is 3.36. The molecule has 1 amide bonds. The molecule has 2 aromatic carbocycles. The van der Waals surface area contributed by atoms with Gasteiger partial charge in [-0.3, -0.25) is 9.48 Å². The van der Waals surface area contributed by atoms with Gasteiger partial charge in [-0.1, -0.05) is 35.5 Å². The summed E-state index contributed by atoms with van der Waals surface area (Å²) in [5.74, 6) is 0.541. The highest BCUT2D eigenvalue weighted by molar-refractivity contribution is 6.06. The number of oxime groups is 1. The lowest BCUT2D eigenvalue weighted by Gasteiger charge is -2.10. The third kappa shape index (κ3) is 4.05. The number of benzene rings is 2. The van der Waals surface area contributed by atoms with Gasteiger partial charge in [0.2, 0.25) is 6.10 Å². The largest absolute Gasteiger partial charge is 0.497 e. The fraction of sp³-hybridized carbons (Fsp3) is 0.261. The van der Waals surface area contributed by atoms with Crippen LogP contribution in [0.5, 0.6) is 5.75 Å². The Morgan fingerprint density at radius 2 is 1.90 bits per heavy atom. The van der Waals surface area contributed by atoms with Crippen molar-refractivity contribution in [2.45, 2.75) is 32.9 Å². The molecule has 1 aromatic heterocycles. The number of nitrogens with one attached hydrogen (secondary N) is 1. The topological polar surface area (TPSA) is 77.7 Å². The number of methoxy groups -OCH3 is 1. The first kappa shape index (κ1) is 19.7. The van der Waals surface area contributed by atoms with Crippen molar-refractivity contribution in [3.63, 3.8) is 0 Å². The van der Waals surface area contributed by atoms with E-state index in [0.29, 0.717) is 13.0 Å². The summed E-state index contributed by atoms with van der Waals surface area (Å²) in [5.41, 5.74) is 5.19. The molecule has 1 N–H and O–H groups in total. The van der Waals surface area contributed by atoms with Gasteiger partial charge in [-0.25, -0.2) is 0 Å². The molecule has 2 heterocycles. The highest BCUT2D eigenvalue weighted by atomic mass is 16.6. The zero-order chi connectivity index (χ0) is 21.1. The number of aryl methyl sites for hydroxylation is 1. The van der Waals surface area contributed by atoms with E-state index in [-0.39, 0.29) is 5.91 Å². The summed E-state index contributed by atoms with van der Waals surface area (Å²) in [6.07, 6.45) is -0.257. The Labute approximate surface area is 175 Å². The molecule has 0 saturated carbocycles. The van der Waals surface area contributed by atoms with E-state index in [1.165, 1.54) is 0 Å². The molecule has 0 spiro atoms. The number of hydrogen-bond acceptors (Lipinski definition) is 5. The Kier molecular flexibility index (Phi) is 5.52. The minimum Gasteiger partial charge on any atom is -0.497 e. The summed E-state index contributed by atoms with van der Waals surface area (Å²) in [4.78, 5) is 18.2. The van der Waals surface area contributed by atoms with E-state index < -0.39 is 6.10 Å². The molecule has 0 bridgehead atoms.